The van der Waals surface area contributed by atoms with Crippen LogP contribution in [0.2, 0.25) is 0 Å². The lowest BCUT2D eigenvalue weighted by Gasteiger charge is -2.37. The normalized spacial score (nSPS) is 20.1. The van der Waals surface area contributed by atoms with Crippen molar-refractivity contribution in [3.05, 3.63) is 42.7 Å². The summed E-state index contributed by atoms with van der Waals surface area (Å²) in [6.07, 6.45) is 7.55. The number of carbonyl (C=O) groups excluding carboxylic acids is 2. The third-order valence-corrected chi connectivity index (χ3v) is 5.48. The summed E-state index contributed by atoms with van der Waals surface area (Å²) in [5.41, 5.74) is 1.32. The van der Waals surface area contributed by atoms with Gasteiger partial charge in [0, 0.05) is 24.7 Å². The number of carbonyl (C=O) groups is 2. The number of aromatic nitrogens is 2. The molecule has 0 saturated carbocycles. The molecule has 28 heavy (non-hydrogen) atoms. The van der Waals surface area contributed by atoms with Crippen molar-refractivity contribution in [1.29, 1.82) is 0 Å². The maximum atomic E-state index is 12.6. The van der Waals surface area contributed by atoms with Crippen LogP contribution < -0.4 is 5.32 Å². The van der Waals surface area contributed by atoms with Crippen molar-refractivity contribution in [2.24, 2.45) is 0 Å². The predicted octanol–water partition coefficient (Wildman–Crippen LogP) is 2.17. The Morgan fingerprint density at radius 2 is 1.68 bits per heavy atom. The van der Waals surface area contributed by atoms with Gasteiger partial charge in [-0.1, -0.05) is 30.3 Å². The number of amides is 2. The van der Waals surface area contributed by atoms with Crippen molar-refractivity contribution in [3.8, 4) is 11.4 Å². The molecule has 1 aromatic carbocycles. The molecule has 146 valence electrons. The van der Waals surface area contributed by atoms with Crippen LogP contribution in [0.25, 0.3) is 11.4 Å². The van der Waals surface area contributed by atoms with Crippen LogP contribution in [-0.4, -0.2) is 63.8 Å². The highest BCUT2D eigenvalue weighted by molar-refractivity contribution is 6.39. The molecule has 2 saturated heterocycles. The number of nitrogens with zero attached hydrogens (tertiary/aromatic N) is 4. The van der Waals surface area contributed by atoms with E-state index in [4.69, 9.17) is 0 Å². The van der Waals surface area contributed by atoms with Crippen LogP contribution in [0, 0.1) is 0 Å². The zero-order valence-electron chi connectivity index (χ0n) is 15.9. The summed E-state index contributed by atoms with van der Waals surface area (Å²) in [6.45, 7) is 3.48. The first-order valence-corrected chi connectivity index (χ1v) is 9.92. The highest BCUT2D eigenvalue weighted by Gasteiger charge is 2.31. The second kappa shape index (κ2) is 8.48. The fraction of sp³-hybridized carbons (Fsp3) is 0.429. The number of piperidine rings is 1. The molecule has 0 bridgehead atoms. The Bertz CT molecular complexity index is 818. The molecule has 7 heteroatoms. The second-order valence-corrected chi connectivity index (χ2v) is 7.41. The van der Waals surface area contributed by atoms with Crippen molar-refractivity contribution in [3.63, 3.8) is 0 Å². The van der Waals surface area contributed by atoms with Crippen LogP contribution in [0.4, 0.5) is 5.69 Å². The molecule has 2 aliphatic rings. The molecule has 1 N–H and O–H groups in total. The van der Waals surface area contributed by atoms with Gasteiger partial charge in [0.1, 0.15) is 0 Å². The van der Waals surface area contributed by atoms with Gasteiger partial charge in [0.05, 0.1) is 18.1 Å². The molecule has 2 amide bonds. The number of hydrogen-bond acceptors (Lipinski definition) is 5. The largest absolute Gasteiger partial charge is 0.333 e. The lowest BCUT2D eigenvalue weighted by Crippen LogP contribution is -2.51. The monoisotopic (exact) mass is 379 g/mol. The highest BCUT2D eigenvalue weighted by Crippen LogP contribution is 2.21. The molecule has 0 aliphatic carbocycles. The highest BCUT2D eigenvalue weighted by atomic mass is 16.2. The van der Waals surface area contributed by atoms with Gasteiger partial charge in [0.25, 0.3) is 0 Å². The maximum Gasteiger partial charge on any atom is 0.313 e. The van der Waals surface area contributed by atoms with E-state index >= 15 is 0 Å². The van der Waals surface area contributed by atoms with E-state index in [-0.39, 0.29) is 0 Å². The van der Waals surface area contributed by atoms with Gasteiger partial charge in [-0.15, -0.1) is 0 Å². The van der Waals surface area contributed by atoms with Crippen LogP contribution in [0.1, 0.15) is 25.7 Å². The molecule has 4 rings (SSSR count). The number of nitrogens with one attached hydrogen (secondary N) is 1. The Hall–Kier alpha value is -2.80. The number of anilines is 1. The van der Waals surface area contributed by atoms with E-state index in [1.165, 1.54) is 25.2 Å². The van der Waals surface area contributed by atoms with E-state index in [9.17, 15) is 9.59 Å². The van der Waals surface area contributed by atoms with E-state index in [2.05, 4.69) is 20.2 Å². The van der Waals surface area contributed by atoms with E-state index in [1.54, 1.807) is 4.90 Å². The molecule has 7 nitrogen and oxygen atoms in total. The van der Waals surface area contributed by atoms with Crippen molar-refractivity contribution in [2.75, 3.05) is 31.5 Å². The molecule has 1 aromatic heterocycles. The topological polar surface area (TPSA) is 78.4 Å². The zero-order chi connectivity index (χ0) is 19.3. The molecular weight excluding hydrogens is 354 g/mol. The quantitative estimate of drug-likeness (QED) is 0.827. The summed E-state index contributed by atoms with van der Waals surface area (Å²) in [4.78, 5) is 37.7. The lowest BCUT2D eigenvalue weighted by molar-refractivity contribution is -0.144. The van der Waals surface area contributed by atoms with E-state index in [1.807, 2.05) is 30.3 Å². The third-order valence-electron chi connectivity index (χ3n) is 5.48. The Balaban J connectivity index is 1.35. The average Bonchev–Trinajstić information content (AvgIpc) is 3.29. The summed E-state index contributed by atoms with van der Waals surface area (Å²) in [6, 6.07) is 9.98. The van der Waals surface area contributed by atoms with Crippen LogP contribution >= 0.6 is 0 Å². The molecule has 1 unspecified atom stereocenters. The Labute approximate surface area is 164 Å². The summed E-state index contributed by atoms with van der Waals surface area (Å²) < 4.78 is 0. The molecule has 0 spiro atoms. The summed E-state index contributed by atoms with van der Waals surface area (Å²) in [5.74, 6) is -0.524. The molecular formula is C21H25N5O2. The number of likely N-dealkylation sites (tertiary alicyclic amines) is 2. The zero-order valence-corrected chi connectivity index (χ0v) is 15.9. The SMILES string of the molecule is O=C(Nc1cnc(-c2ccccc2)nc1)C(=O)N1CCCC(N2CCCC2)C1. The number of hydrogen-bond donors (Lipinski definition) is 1. The van der Waals surface area contributed by atoms with Crippen LogP contribution in [-0.2, 0) is 9.59 Å². The summed E-state index contributed by atoms with van der Waals surface area (Å²) in [7, 11) is 0. The van der Waals surface area contributed by atoms with Gasteiger partial charge in [-0.05, 0) is 38.8 Å². The molecule has 2 aliphatic heterocycles. The predicted molar refractivity (Wildman–Crippen MR) is 107 cm³/mol. The van der Waals surface area contributed by atoms with E-state index in [0.717, 1.165) is 31.5 Å². The van der Waals surface area contributed by atoms with Crippen molar-refractivity contribution < 1.29 is 9.59 Å². The summed E-state index contributed by atoms with van der Waals surface area (Å²) >= 11 is 0. The minimum absolute atomic E-state index is 0.376. The minimum Gasteiger partial charge on any atom is -0.333 e. The lowest BCUT2D eigenvalue weighted by atomic mass is 10.0. The Morgan fingerprint density at radius 3 is 2.39 bits per heavy atom. The minimum atomic E-state index is -0.627. The first kappa shape index (κ1) is 18.6. The summed E-state index contributed by atoms with van der Waals surface area (Å²) in [5, 5.41) is 2.63. The van der Waals surface area contributed by atoms with Gasteiger partial charge in [-0.25, -0.2) is 9.97 Å². The molecule has 2 fully saturated rings. The van der Waals surface area contributed by atoms with Crippen LogP contribution in [0.3, 0.4) is 0 Å². The Morgan fingerprint density at radius 1 is 0.964 bits per heavy atom. The second-order valence-electron chi connectivity index (χ2n) is 7.41. The molecule has 1 atom stereocenters. The maximum absolute atomic E-state index is 12.6. The smallest absolute Gasteiger partial charge is 0.313 e. The van der Waals surface area contributed by atoms with Crippen LogP contribution in [0.15, 0.2) is 42.7 Å². The number of rotatable bonds is 3. The third kappa shape index (κ3) is 4.20. The standard InChI is InChI=1S/C21H25N5O2/c27-20(21(28)26-12-6-9-18(15-26)25-10-4-5-11-25)24-17-13-22-19(23-14-17)16-7-2-1-3-8-16/h1-3,7-8,13-14,18H,4-6,9-12,15H2,(H,24,27). The molecule has 3 heterocycles. The van der Waals surface area contributed by atoms with Gasteiger partial charge in [0.2, 0.25) is 0 Å². The fourth-order valence-electron chi connectivity index (χ4n) is 4.00. The number of benzene rings is 1. The van der Waals surface area contributed by atoms with Gasteiger partial charge >= 0.3 is 11.8 Å². The van der Waals surface area contributed by atoms with Gasteiger partial charge in [-0.3, -0.25) is 14.5 Å². The molecule has 2 aromatic rings. The van der Waals surface area contributed by atoms with Crippen LogP contribution in [0.5, 0.6) is 0 Å². The van der Waals surface area contributed by atoms with Crippen molar-refractivity contribution in [1.82, 2.24) is 19.8 Å². The van der Waals surface area contributed by atoms with Gasteiger partial charge < -0.3 is 10.2 Å². The van der Waals surface area contributed by atoms with E-state index in [0.29, 0.717) is 30.6 Å². The first-order chi connectivity index (χ1) is 13.7. The molecule has 0 radical (unpaired) electrons. The first-order valence-electron chi connectivity index (χ1n) is 9.92. The van der Waals surface area contributed by atoms with Crippen molar-refractivity contribution >= 4 is 17.5 Å². The van der Waals surface area contributed by atoms with Gasteiger partial charge in [-0.2, -0.15) is 0 Å². The Kier molecular flexibility index (Phi) is 5.62. The average molecular weight is 379 g/mol. The van der Waals surface area contributed by atoms with E-state index < -0.39 is 11.8 Å². The van der Waals surface area contributed by atoms with Gasteiger partial charge in [0.15, 0.2) is 5.82 Å². The van der Waals surface area contributed by atoms with Crippen molar-refractivity contribution in [2.45, 2.75) is 31.7 Å². The fourth-order valence-corrected chi connectivity index (χ4v) is 4.00.